The second kappa shape index (κ2) is 5.94. The molecule has 0 aliphatic carbocycles. The van der Waals surface area contributed by atoms with Gasteiger partial charge in [-0.3, -0.25) is 14.6 Å². The third-order valence-electron chi connectivity index (χ3n) is 4.40. The van der Waals surface area contributed by atoms with E-state index >= 15 is 0 Å². The zero-order valence-electron chi connectivity index (χ0n) is 15.2. The van der Waals surface area contributed by atoms with Crippen LogP contribution in [0.15, 0.2) is 23.7 Å². The molecule has 132 valence electrons. The molecule has 1 atom stereocenters. The Morgan fingerprint density at radius 1 is 1.36 bits per heavy atom. The molecule has 0 bridgehead atoms. The summed E-state index contributed by atoms with van der Waals surface area (Å²) in [6.45, 7) is 11.6. The van der Waals surface area contributed by atoms with Crippen LogP contribution in [0.2, 0.25) is 0 Å². The number of aromatic nitrogens is 2. The van der Waals surface area contributed by atoms with Crippen LogP contribution in [0.3, 0.4) is 0 Å². The van der Waals surface area contributed by atoms with E-state index in [0.717, 1.165) is 11.4 Å². The molecule has 1 saturated heterocycles. The van der Waals surface area contributed by atoms with E-state index in [-0.39, 0.29) is 18.5 Å². The fourth-order valence-corrected chi connectivity index (χ4v) is 3.28. The minimum Gasteiger partial charge on any atom is -0.270 e. The molecular formula is C17H23N6O2+. The number of rotatable bonds is 3. The Labute approximate surface area is 146 Å². The number of carbonyl (C=O) groups excluding carboxylic acids is 2. The van der Waals surface area contributed by atoms with Gasteiger partial charge >= 0.3 is 12.0 Å². The van der Waals surface area contributed by atoms with E-state index < -0.39 is 12.1 Å². The molecule has 1 unspecified atom stereocenters. The van der Waals surface area contributed by atoms with Crippen molar-refractivity contribution in [2.24, 2.45) is 4.99 Å². The van der Waals surface area contributed by atoms with Crippen LogP contribution in [0.4, 0.5) is 4.79 Å². The molecule has 3 rings (SSSR count). The van der Waals surface area contributed by atoms with Gasteiger partial charge in [-0.1, -0.05) is 11.1 Å². The molecule has 2 aliphatic heterocycles. The molecule has 0 radical (unpaired) electrons. The molecule has 8 nitrogen and oxygen atoms in total. The molecule has 2 aliphatic rings. The summed E-state index contributed by atoms with van der Waals surface area (Å²) in [7, 11) is 1.64. The molecular weight excluding hydrogens is 320 g/mol. The van der Waals surface area contributed by atoms with Crippen LogP contribution in [0, 0.1) is 13.8 Å². The second-order valence-electron chi connectivity index (χ2n) is 6.59. The Hall–Kier alpha value is -2.77. The number of nitrogens with zero attached hydrogens (tertiary/aromatic N) is 6. The molecule has 0 N–H and O–H groups in total. The first kappa shape index (κ1) is 17.1. The highest BCUT2D eigenvalue weighted by Gasteiger charge is 2.53. The van der Waals surface area contributed by atoms with Crippen LogP contribution in [0.1, 0.15) is 25.2 Å². The lowest BCUT2D eigenvalue weighted by atomic mass is 10.1. The number of aliphatic imine (C=N–C) groups is 1. The van der Waals surface area contributed by atoms with Crippen molar-refractivity contribution in [2.75, 3.05) is 13.6 Å². The predicted molar refractivity (Wildman–Crippen MR) is 93.8 cm³/mol. The SMILES string of the molecule is C=CCN1C(=O)C2C(=NC(n3nc(C)cc3C)=[N+]2C(C)C)N(C)C1=O. The van der Waals surface area contributed by atoms with Gasteiger partial charge in [0.2, 0.25) is 11.9 Å². The smallest absolute Gasteiger partial charge is 0.270 e. The molecule has 3 amide bonds. The van der Waals surface area contributed by atoms with Crippen LogP contribution < -0.4 is 0 Å². The Bertz CT molecular complexity index is 832. The Balaban J connectivity index is 2.18. The van der Waals surface area contributed by atoms with Gasteiger partial charge < -0.3 is 0 Å². The zero-order valence-corrected chi connectivity index (χ0v) is 15.2. The van der Waals surface area contributed by atoms with Crippen molar-refractivity contribution in [1.82, 2.24) is 19.6 Å². The highest BCUT2D eigenvalue weighted by atomic mass is 16.2. The van der Waals surface area contributed by atoms with Gasteiger partial charge in [0.1, 0.15) is 5.69 Å². The topological polar surface area (TPSA) is 73.8 Å². The van der Waals surface area contributed by atoms with Gasteiger partial charge in [0, 0.05) is 13.6 Å². The first-order valence-electron chi connectivity index (χ1n) is 8.25. The van der Waals surface area contributed by atoms with E-state index in [2.05, 4.69) is 16.7 Å². The number of amidine groups is 1. The molecule has 8 heteroatoms. The Morgan fingerprint density at radius 3 is 2.56 bits per heavy atom. The van der Waals surface area contributed by atoms with Crippen LogP contribution >= 0.6 is 0 Å². The molecule has 1 aromatic rings. The summed E-state index contributed by atoms with van der Waals surface area (Å²) >= 11 is 0. The predicted octanol–water partition coefficient (Wildman–Crippen LogP) is 0.986. The van der Waals surface area contributed by atoms with Gasteiger partial charge in [-0.15, -0.1) is 16.4 Å². The number of hydrogen-bond donors (Lipinski definition) is 0. The standard InChI is InChI=1S/C17H23N6O2/c1-7-8-21-15(24)13-14(20(6)17(21)25)18-16(22(13)10(2)3)23-12(5)9-11(4)19-23/h7,9-10,13H,1,8H2,2-6H3/q+1. The summed E-state index contributed by atoms with van der Waals surface area (Å²) in [5.74, 6) is 0.715. The van der Waals surface area contributed by atoms with E-state index in [4.69, 9.17) is 0 Å². The maximum absolute atomic E-state index is 13.0. The van der Waals surface area contributed by atoms with Crippen LogP contribution in [-0.2, 0) is 4.79 Å². The second-order valence-corrected chi connectivity index (χ2v) is 6.59. The van der Waals surface area contributed by atoms with Crippen molar-refractivity contribution in [3.63, 3.8) is 0 Å². The van der Waals surface area contributed by atoms with Crippen LogP contribution in [0.25, 0.3) is 0 Å². The highest BCUT2D eigenvalue weighted by Crippen LogP contribution is 2.22. The number of likely N-dealkylation sites (N-methyl/N-ethyl adjacent to an activating group) is 1. The average molecular weight is 343 g/mol. The van der Waals surface area contributed by atoms with Gasteiger partial charge in [0.05, 0.1) is 11.7 Å². The van der Waals surface area contributed by atoms with Crippen molar-refractivity contribution >= 4 is 23.7 Å². The summed E-state index contributed by atoms with van der Waals surface area (Å²) in [5, 5.41) is 4.49. The molecule has 1 aromatic heterocycles. The zero-order chi connectivity index (χ0) is 18.5. The van der Waals surface area contributed by atoms with Crippen molar-refractivity contribution in [3.8, 4) is 0 Å². The lowest BCUT2D eigenvalue weighted by Gasteiger charge is -2.34. The summed E-state index contributed by atoms with van der Waals surface area (Å²) in [4.78, 5) is 32.8. The van der Waals surface area contributed by atoms with Gasteiger partial charge in [-0.25, -0.2) is 9.37 Å². The third-order valence-corrected chi connectivity index (χ3v) is 4.40. The summed E-state index contributed by atoms with van der Waals surface area (Å²) in [6, 6.07) is 0.926. The number of aryl methyl sites for hydroxylation is 2. The first-order valence-corrected chi connectivity index (χ1v) is 8.25. The lowest BCUT2D eigenvalue weighted by molar-refractivity contribution is -0.567. The van der Waals surface area contributed by atoms with Crippen molar-refractivity contribution < 1.29 is 14.2 Å². The van der Waals surface area contributed by atoms with Gasteiger partial charge in [-0.2, -0.15) is 0 Å². The van der Waals surface area contributed by atoms with Crippen molar-refractivity contribution in [2.45, 2.75) is 39.8 Å². The number of fused-ring (bicyclic) bond motifs is 1. The Kier molecular flexibility index (Phi) is 4.06. The molecule has 0 saturated carbocycles. The number of carbonyl (C=O) groups is 2. The summed E-state index contributed by atoms with van der Waals surface area (Å²) in [5.41, 5.74) is 1.79. The number of urea groups is 1. The van der Waals surface area contributed by atoms with E-state index in [0.29, 0.717) is 11.8 Å². The Morgan fingerprint density at radius 2 is 2.04 bits per heavy atom. The minimum atomic E-state index is -0.637. The lowest BCUT2D eigenvalue weighted by Crippen LogP contribution is -2.63. The largest absolute Gasteiger partial charge is 0.421 e. The van der Waals surface area contributed by atoms with Gasteiger partial charge in [-0.05, 0) is 33.8 Å². The highest BCUT2D eigenvalue weighted by molar-refractivity contribution is 6.23. The van der Waals surface area contributed by atoms with E-state index in [9.17, 15) is 9.59 Å². The van der Waals surface area contributed by atoms with Crippen LogP contribution in [0.5, 0.6) is 0 Å². The maximum Gasteiger partial charge on any atom is 0.421 e. The first-order chi connectivity index (χ1) is 11.8. The fourth-order valence-electron chi connectivity index (χ4n) is 3.28. The maximum atomic E-state index is 13.0. The van der Waals surface area contributed by atoms with Gasteiger partial charge in [0.25, 0.3) is 5.91 Å². The molecule has 0 aromatic carbocycles. The van der Waals surface area contributed by atoms with Crippen molar-refractivity contribution in [3.05, 3.63) is 30.1 Å². The number of imide groups is 1. The van der Waals surface area contributed by atoms with E-state index in [1.54, 1.807) is 17.8 Å². The van der Waals surface area contributed by atoms with E-state index in [1.807, 2.05) is 38.3 Å². The van der Waals surface area contributed by atoms with Crippen LogP contribution in [-0.4, -0.2) is 73.6 Å². The van der Waals surface area contributed by atoms with Gasteiger partial charge in [0.15, 0.2) is 0 Å². The molecule has 3 heterocycles. The number of amides is 3. The molecule has 1 fully saturated rings. The van der Waals surface area contributed by atoms with E-state index in [1.165, 1.54) is 9.80 Å². The molecule has 0 spiro atoms. The molecule has 25 heavy (non-hydrogen) atoms. The summed E-state index contributed by atoms with van der Waals surface area (Å²) in [6.07, 6.45) is 1.55. The quantitative estimate of drug-likeness (QED) is 0.607. The monoisotopic (exact) mass is 343 g/mol. The average Bonchev–Trinajstić information content (AvgIpc) is 3.09. The van der Waals surface area contributed by atoms with Crippen molar-refractivity contribution in [1.29, 1.82) is 0 Å². The summed E-state index contributed by atoms with van der Waals surface area (Å²) < 4.78 is 3.64. The number of hydrogen-bond acceptors (Lipinski definition) is 4. The normalized spacial score (nSPS) is 20.6. The minimum absolute atomic E-state index is 0.00119. The third kappa shape index (κ3) is 2.48. The fraction of sp³-hybridized carbons (Fsp3) is 0.471.